The Balaban J connectivity index is 1.99. The van der Waals surface area contributed by atoms with Crippen molar-refractivity contribution in [2.24, 2.45) is 0 Å². The molecule has 0 bridgehead atoms. The van der Waals surface area contributed by atoms with Crippen molar-refractivity contribution in [2.45, 2.75) is 33.6 Å². The second-order valence-electron chi connectivity index (χ2n) is 7.83. The second kappa shape index (κ2) is 13.7. The van der Waals surface area contributed by atoms with Gasteiger partial charge >= 0.3 is 11.9 Å². The van der Waals surface area contributed by atoms with Gasteiger partial charge in [-0.05, 0) is 75.6 Å². The highest BCUT2D eigenvalue weighted by Crippen LogP contribution is 2.29. The van der Waals surface area contributed by atoms with Crippen LogP contribution in [0.1, 0.15) is 49.5 Å². The highest BCUT2D eigenvalue weighted by atomic mass is 16.5. The van der Waals surface area contributed by atoms with Gasteiger partial charge in [0.05, 0.1) is 14.2 Å². The molecule has 0 unspecified atom stereocenters. The number of esters is 2. The first-order chi connectivity index (χ1) is 16.3. The molecule has 0 amide bonds. The SMILES string of the molecule is COC(=O)c1ccccc1OC(=O)/C=C/c1ccc(OC/C=C(\C)CCC=C(C)C)c(OC)c1. The number of carbonyl (C=O) groups excluding carboxylic acids is 2. The van der Waals surface area contributed by atoms with Crippen LogP contribution in [0.2, 0.25) is 0 Å². The van der Waals surface area contributed by atoms with E-state index in [1.54, 1.807) is 37.5 Å². The summed E-state index contributed by atoms with van der Waals surface area (Å²) in [7, 11) is 2.83. The highest BCUT2D eigenvalue weighted by Gasteiger charge is 2.14. The molecule has 0 heterocycles. The van der Waals surface area contributed by atoms with E-state index >= 15 is 0 Å². The average Bonchev–Trinajstić information content (AvgIpc) is 2.82. The molecule has 0 saturated heterocycles. The van der Waals surface area contributed by atoms with Gasteiger partial charge in [0.2, 0.25) is 0 Å². The van der Waals surface area contributed by atoms with Gasteiger partial charge in [-0.25, -0.2) is 9.59 Å². The van der Waals surface area contributed by atoms with Crippen LogP contribution in [0, 0.1) is 0 Å². The Morgan fingerprint density at radius 1 is 0.912 bits per heavy atom. The summed E-state index contributed by atoms with van der Waals surface area (Å²) in [5.41, 5.74) is 3.50. The predicted molar refractivity (Wildman–Crippen MR) is 133 cm³/mol. The Bertz CT molecular complexity index is 1070. The van der Waals surface area contributed by atoms with Gasteiger partial charge in [-0.1, -0.05) is 35.4 Å². The number of allylic oxidation sites excluding steroid dienone is 3. The number of ether oxygens (including phenoxy) is 4. The van der Waals surface area contributed by atoms with E-state index in [2.05, 4.69) is 32.9 Å². The van der Waals surface area contributed by atoms with E-state index in [1.165, 1.54) is 36.5 Å². The smallest absolute Gasteiger partial charge is 0.341 e. The summed E-state index contributed by atoms with van der Waals surface area (Å²) >= 11 is 0. The molecule has 0 atom stereocenters. The zero-order chi connectivity index (χ0) is 24.9. The lowest BCUT2D eigenvalue weighted by Gasteiger charge is -2.10. The molecule has 0 radical (unpaired) electrons. The number of benzene rings is 2. The minimum Gasteiger partial charge on any atom is -0.493 e. The first-order valence-electron chi connectivity index (χ1n) is 11.0. The maximum absolute atomic E-state index is 12.3. The number of hydrogen-bond acceptors (Lipinski definition) is 6. The van der Waals surface area contributed by atoms with E-state index in [0.29, 0.717) is 18.1 Å². The molecular formula is C28H32O6. The molecule has 180 valence electrons. The van der Waals surface area contributed by atoms with Crippen LogP contribution in [0.3, 0.4) is 0 Å². The molecule has 0 saturated carbocycles. The van der Waals surface area contributed by atoms with Crippen LogP contribution in [-0.4, -0.2) is 32.8 Å². The Kier molecular flexibility index (Phi) is 10.6. The summed E-state index contributed by atoms with van der Waals surface area (Å²) in [5, 5.41) is 0. The minimum absolute atomic E-state index is 0.134. The molecule has 0 aliphatic rings. The summed E-state index contributed by atoms with van der Waals surface area (Å²) in [6.07, 6.45) is 9.18. The molecule has 34 heavy (non-hydrogen) atoms. The summed E-state index contributed by atoms with van der Waals surface area (Å²) < 4.78 is 21.3. The topological polar surface area (TPSA) is 71.1 Å². The molecule has 0 aliphatic heterocycles. The van der Waals surface area contributed by atoms with E-state index < -0.39 is 11.9 Å². The van der Waals surface area contributed by atoms with Crippen molar-refractivity contribution in [1.82, 2.24) is 0 Å². The molecule has 2 rings (SSSR count). The highest BCUT2D eigenvalue weighted by molar-refractivity contribution is 5.95. The van der Waals surface area contributed by atoms with E-state index in [-0.39, 0.29) is 11.3 Å². The first-order valence-corrected chi connectivity index (χ1v) is 11.0. The second-order valence-corrected chi connectivity index (χ2v) is 7.83. The van der Waals surface area contributed by atoms with Crippen molar-refractivity contribution < 1.29 is 28.5 Å². The number of methoxy groups -OCH3 is 2. The van der Waals surface area contributed by atoms with Crippen molar-refractivity contribution in [1.29, 1.82) is 0 Å². The maximum Gasteiger partial charge on any atom is 0.341 e. The third-order valence-electron chi connectivity index (χ3n) is 4.86. The van der Waals surface area contributed by atoms with Crippen molar-refractivity contribution in [3.05, 3.63) is 83.0 Å². The minimum atomic E-state index is -0.621. The molecule has 2 aromatic carbocycles. The number of carbonyl (C=O) groups is 2. The number of hydrogen-bond donors (Lipinski definition) is 0. The standard InChI is InChI=1S/C28H32O6/c1-20(2)9-8-10-21(3)17-18-33-25-15-13-22(19-26(25)31-4)14-16-27(29)34-24-12-7-6-11-23(24)28(30)32-5/h6-7,9,11-17,19H,8,10,18H2,1-5H3/b16-14+,21-17+. The van der Waals surface area contributed by atoms with E-state index in [9.17, 15) is 9.59 Å². The van der Waals surface area contributed by atoms with Crippen LogP contribution >= 0.6 is 0 Å². The molecule has 0 spiro atoms. The molecule has 2 aromatic rings. The van der Waals surface area contributed by atoms with E-state index in [4.69, 9.17) is 18.9 Å². The summed E-state index contributed by atoms with van der Waals surface area (Å²) in [4.78, 5) is 24.1. The molecular weight excluding hydrogens is 432 g/mol. The fourth-order valence-corrected chi connectivity index (χ4v) is 3.01. The third-order valence-corrected chi connectivity index (χ3v) is 4.86. The van der Waals surface area contributed by atoms with Gasteiger partial charge in [0.25, 0.3) is 0 Å². The molecule has 6 nitrogen and oxygen atoms in total. The molecule has 0 aromatic heterocycles. The van der Waals surface area contributed by atoms with Gasteiger partial charge in [-0.15, -0.1) is 0 Å². The largest absolute Gasteiger partial charge is 0.493 e. The van der Waals surface area contributed by atoms with Crippen LogP contribution in [0.15, 0.2) is 71.8 Å². The third kappa shape index (κ3) is 8.62. The van der Waals surface area contributed by atoms with Gasteiger partial charge < -0.3 is 18.9 Å². The molecule has 0 fully saturated rings. The zero-order valence-electron chi connectivity index (χ0n) is 20.4. The Morgan fingerprint density at radius 3 is 2.38 bits per heavy atom. The van der Waals surface area contributed by atoms with Gasteiger partial charge in [0, 0.05) is 6.08 Å². The van der Waals surface area contributed by atoms with Crippen LogP contribution in [0.5, 0.6) is 17.2 Å². The molecule has 0 N–H and O–H groups in total. The fourth-order valence-electron chi connectivity index (χ4n) is 3.01. The monoisotopic (exact) mass is 464 g/mol. The van der Waals surface area contributed by atoms with Gasteiger partial charge in [-0.3, -0.25) is 0 Å². The number of para-hydroxylation sites is 1. The van der Waals surface area contributed by atoms with Crippen LogP contribution < -0.4 is 14.2 Å². The summed E-state index contributed by atoms with van der Waals surface area (Å²) in [6.45, 7) is 6.73. The van der Waals surface area contributed by atoms with Crippen molar-refractivity contribution >= 4 is 18.0 Å². The van der Waals surface area contributed by atoms with Crippen molar-refractivity contribution in [2.75, 3.05) is 20.8 Å². The fraction of sp³-hybridized carbons (Fsp3) is 0.286. The summed E-state index contributed by atoms with van der Waals surface area (Å²) in [5.74, 6) is 0.106. The van der Waals surface area contributed by atoms with Gasteiger partial charge in [-0.2, -0.15) is 0 Å². The lowest BCUT2D eigenvalue weighted by atomic mass is 10.1. The Hall–Kier alpha value is -3.80. The molecule has 0 aliphatic carbocycles. The van der Waals surface area contributed by atoms with Gasteiger partial charge in [0.15, 0.2) is 11.5 Å². The first kappa shape index (κ1) is 26.5. The maximum atomic E-state index is 12.3. The van der Waals surface area contributed by atoms with Crippen LogP contribution in [0.4, 0.5) is 0 Å². The Labute approximate surface area is 201 Å². The zero-order valence-corrected chi connectivity index (χ0v) is 20.4. The van der Waals surface area contributed by atoms with Crippen LogP contribution in [0.25, 0.3) is 6.08 Å². The van der Waals surface area contributed by atoms with Gasteiger partial charge in [0.1, 0.15) is 17.9 Å². The predicted octanol–water partition coefficient (Wildman–Crippen LogP) is 6.17. The quantitative estimate of drug-likeness (QED) is 0.171. The van der Waals surface area contributed by atoms with Crippen LogP contribution in [-0.2, 0) is 9.53 Å². The normalized spacial score (nSPS) is 11.1. The van der Waals surface area contributed by atoms with E-state index in [0.717, 1.165) is 18.4 Å². The number of rotatable bonds is 11. The lowest BCUT2D eigenvalue weighted by molar-refractivity contribution is -0.128. The summed E-state index contributed by atoms with van der Waals surface area (Å²) in [6, 6.07) is 11.8. The average molecular weight is 465 g/mol. The molecule has 6 heteroatoms. The lowest BCUT2D eigenvalue weighted by Crippen LogP contribution is -2.09. The van der Waals surface area contributed by atoms with Crippen molar-refractivity contribution in [3.63, 3.8) is 0 Å². The van der Waals surface area contributed by atoms with E-state index in [1.807, 2.05) is 6.07 Å². The Morgan fingerprint density at radius 2 is 1.68 bits per heavy atom. The van der Waals surface area contributed by atoms with Crippen molar-refractivity contribution in [3.8, 4) is 17.2 Å².